The van der Waals surface area contributed by atoms with Crippen molar-refractivity contribution < 1.29 is 14.0 Å². The van der Waals surface area contributed by atoms with Crippen LogP contribution in [-0.2, 0) is 10.3 Å². The number of benzene rings is 1. The van der Waals surface area contributed by atoms with Crippen LogP contribution in [0.3, 0.4) is 0 Å². The van der Waals surface area contributed by atoms with Crippen LogP contribution in [0, 0.1) is 5.82 Å². The molecule has 3 rings (SSSR count). The van der Waals surface area contributed by atoms with Gasteiger partial charge in [-0.15, -0.1) is 12.4 Å². The van der Waals surface area contributed by atoms with E-state index in [0.29, 0.717) is 31.6 Å². The van der Waals surface area contributed by atoms with E-state index in [1.165, 1.54) is 23.1 Å². The van der Waals surface area contributed by atoms with Crippen LogP contribution in [0.5, 0.6) is 0 Å². The molecular weight excluding hydrogens is 373 g/mol. The summed E-state index contributed by atoms with van der Waals surface area (Å²) in [6, 6.07) is 5.79. The molecule has 1 aromatic carbocycles. The van der Waals surface area contributed by atoms with E-state index >= 15 is 0 Å². The lowest BCUT2D eigenvalue weighted by molar-refractivity contribution is -0.126. The Balaban J connectivity index is 0.00000261. The Morgan fingerprint density at radius 1 is 1.30 bits per heavy atom. The van der Waals surface area contributed by atoms with Gasteiger partial charge in [-0.1, -0.05) is 0 Å². The summed E-state index contributed by atoms with van der Waals surface area (Å²) in [7, 11) is 3.10. The zero-order valence-electron chi connectivity index (χ0n) is 15.2. The summed E-state index contributed by atoms with van der Waals surface area (Å²) < 4.78 is 15.7. The van der Waals surface area contributed by atoms with Crippen LogP contribution < -0.4 is 10.6 Å². The molecule has 0 atom stereocenters. The minimum Gasteiger partial charge on any atom is -0.345 e. The molecular formula is C18H23ClFN5O2. The number of amides is 2. The number of hydrogen-bond donors (Lipinski definition) is 2. The van der Waals surface area contributed by atoms with E-state index in [1.807, 2.05) is 0 Å². The number of rotatable bonds is 4. The van der Waals surface area contributed by atoms with Crippen molar-refractivity contribution in [3.63, 3.8) is 0 Å². The number of hydrogen-bond acceptors (Lipinski definition) is 4. The molecule has 27 heavy (non-hydrogen) atoms. The molecule has 1 saturated heterocycles. The lowest BCUT2D eigenvalue weighted by atomic mass is 9.87. The number of carbonyl (C=O) groups excluding carboxylic acids is 2. The molecule has 0 saturated carbocycles. The maximum atomic E-state index is 14.0. The molecule has 2 N–H and O–H groups in total. The lowest BCUT2D eigenvalue weighted by Gasteiger charge is -2.36. The quantitative estimate of drug-likeness (QED) is 0.828. The number of nitrogens with zero attached hydrogens (tertiary/aromatic N) is 3. The summed E-state index contributed by atoms with van der Waals surface area (Å²) >= 11 is 0. The van der Waals surface area contributed by atoms with Gasteiger partial charge in [0.05, 0.1) is 5.56 Å². The molecule has 0 unspecified atom stereocenters. The zero-order chi connectivity index (χ0) is 18.7. The fourth-order valence-electron chi connectivity index (χ4n) is 3.18. The van der Waals surface area contributed by atoms with Crippen LogP contribution in [0.4, 0.5) is 10.1 Å². The highest BCUT2D eigenvalue weighted by Gasteiger charge is 2.42. The molecule has 0 bridgehead atoms. The van der Waals surface area contributed by atoms with Crippen molar-refractivity contribution in [2.75, 3.05) is 32.5 Å². The van der Waals surface area contributed by atoms with Crippen molar-refractivity contribution in [2.24, 2.45) is 0 Å². The van der Waals surface area contributed by atoms with E-state index in [4.69, 9.17) is 0 Å². The molecule has 1 aliphatic rings. The summed E-state index contributed by atoms with van der Waals surface area (Å²) in [6.45, 7) is 1.39. The van der Waals surface area contributed by atoms with Gasteiger partial charge < -0.3 is 15.5 Å². The lowest BCUT2D eigenvalue weighted by Crippen LogP contribution is -2.52. The van der Waals surface area contributed by atoms with Crippen LogP contribution in [0.15, 0.2) is 36.7 Å². The minimum atomic E-state index is -0.811. The number of anilines is 1. The number of halogens is 2. The third kappa shape index (κ3) is 4.12. The second-order valence-corrected chi connectivity index (χ2v) is 6.58. The number of piperidine rings is 1. The molecule has 1 aliphatic heterocycles. The number of carbonyl (C=O) groups is 2. The van der Waals surface area contributed by atoms with Crippen molar-refractivity contribution in [3.05, 3.63) is 48.0 Å². The van der Waals surface area contributed by atoms with Gasteiger partial charge in [0.25, 0.3) is 11.8 Å². The molecule has 2 heterocycles. The van der Waals surface area contributed by atoms with Gasteiger partial charge in [0.2, 0.25) is 0 Å². The fourth-order valence-corrected chi connectivity index (χ4v) is 3.18. The van der Waals surface area contributed by atoms with Crippen molar-refractivity contribution in [2.45, 2.75) is 18.4 Å². The molecule has 9 heteroatoms. The van der Waals surface area contributed by atoms with Crippen LogP contribution in [0.1, 0.15) is 23.2 Å². The van der Waals surface area contributed by atoms with Gasteiger partial charge in [-0.3, -0.25) is 14.3 Å². The molecule has 0 spiro atoms. The minimum absolute atomic E-state index is 0. The Morgan fingerprint density at radius 3 is 2.59 bits per heavy atom. The fraction of sp³-hybridized carbons (Fsp3) is 0.389. The smallest absolute Gasteiger partial charge is 0.256 e. The van der Waals surface area contributed by atoms with Crippen molar-refractivity contribution in [3.8, 4) is 0 Å². The summed E-state index contributed by atoms with van der Waals surface area (Å²) in [5.41, 5.74) is -0.507. The molecule has 2 amide bonds. The maximum absolute atomic E-state index is 14.0. The average Bonchev–Trinajstić information content (AvgIpc) is 3.18. The predicted molar refractivity (Wildman–Crippen MR) is 103 cm³/mol. The Morgan fingerprint density at radius 2 is 2.00 bits per heavy atom. The Hall–Kier alpha value is -2.45. The van der Waals surface area contributed by atoms with E-state index in [0.717, 1.165) is 0 Å². The van der Waals surface area contributed by atoms with Crippen LogP contribution in [0.25, 0.3) is 0 Å². The van der Waals surface area contributed by atoms with E-state index in [1.54, 1.807) is 37.2 Å². The predicted octanol–water partition coefficient (Wildman–Crippen LogP) is 1.86. The zero-order valence-corrected chi connectivity index (χ0v) is 16.1. The van der Waals surface area contributed by atoms with Crippen LogP contribution >= 0.6 is 12.4 Å². The monoisotopic (exact) mass is 395 g/mol. The van der Waals surface area contributed by atoms with Crippen molar-refractivity contribution >= 4 is 29.9 Å². The third-order valence-electron chi connectivity index (χ3n) is 4.66. The first kappa shape index (κ1) is 20.9. The SMILES string of the molecule is CN(C)C(=O)c1cc(NC(=O)C2(n3cccn3)CCNCC2)ccc1F.Cl. The molecule has 146 valence electrons. The summed E-state index contributed by atoms with van der Waals surface area (Å²) in [5.74, 6) is -1.30. The van der Waals surface area contributed by atoms with E-state index in [2.05, 4.69) is 15.7 Å². The second-order valence-electron chi connectivity index (χ2n) is 6.58. The van der Waals surface area contributed by atoms with Gasteiger partial charge >= 0.3 is 0 Å². The standard InChI is InChI=1S/C18H22FN5O2.ClH/c1-23(2)16(25)14-12-13(4-5-15(14)19)22-17(26)18(6-9-20-10-7-18)24-11-3-8-21-24;/h3-5,8,11-12,20H,6-7,9-10H2,1-2H3,(H,22,26);1H. The third-order valence-corrected chi connectivity index (χ3v) is 4.66. The highest BCUT2D eigenvalue weighted by atomic mass is 35.5. The van der Waals surface area contributed by atoms with E-state index in [-0.39, 0.29) is 23.9 Å². The first-order valence-corrected chi connectivity index (χ1v) is 8.47. The maximum Gasteiger partial charge on any atom is 0.256 e. The topological polar surface area (TPSA) is 79.3 Å². The Labute approximate surface area is 163 Å². The van der Waals surface area contributed by atoms with Gasteiger partial charge in [-0.25, -0.2) is 4.39 Å². The van der Waals surface area contributed by atoms with Gasteiger partial charge in [0, 0.05) is 32.2 Å². The highest BCUT2D eigenvalue weighted by Crippen LogP contribution is 2.29. The van der Waals surface area contributed by atoms with Gasteiger partial charge in [0.1, 0.15) is 11.4 Å². The van der Waals surface area contributed by atoms with E-state index < -0.39 is 17.3 Å². The second kappa shape index (κ2) is 8.49. The summed E-state index contributed by atoms with van der Waals surface area (Å²) in [5, 5.41) is 10.3. The molecule has 7 nitrogen and oxygen atoms in total. The largest absolute Gasteiger partial charge is 0.345 e. The van der Waals surface area contributed by atoms with Crippen LogP contribution in [-0.4, -0.2) is 53.7 Å². The van der Waals surface area contributed by atoms with Crippen molar-refractivity contribution in [1.29, 1.82) is 0 Å². The molecule has 0 aliphatic carbocycles. The molecule has 0 radical (unpaired) electrons. The van der Waals surface area contributed by atoms with Gasteiger partial charge in [0.15, 0.2) is 0 Å². The van der Waals surface area contributed by atoms with Crippen molar-refractivity contribution in [1.82, 2.24) is 20.0 Å². The first-order valence-electron chi connectivity index (χ1n) is 8.47. The number of nitrogens with one attached hydrogen (secondary N) is 2. The highest BCUT2D eigenvalue weighted by molar-refractivity contribution is 5.99. The van der Waals surface area contributed by atoms with Gasteiger partial charge in [-0.05, 0) is 50.2 Å². The number of aromatic nitrogens is 2. The molecule has 2 aromatic rings. The van der Waals surface area contributed by atoms with Crippen LogP contribution in [0.2, 0.25) is 0 Å². The average molecular weight is 396 g/mol. The van der Waals surface area contributed by atoms with E-state index in [9.17, 15) is 14.0 Å². The Bertz CT molecular complexity index is 804. The van der Waals surface area contributed by atoms with Gasteiger partial charge in [-0.2, -0.15) is 5.10 Å². The Kier molecular flexibility index (Phi) is 6.56. The molecule has 1 aromatic heterocycles. The summed E-state index contributed by atoms with van der Waals surface area (Å²) in [6.07, 6.45) is 4.59. The normalized spacial score (nSPS) is 15.5. The summed E-state index contributed by atoms with van der Waals surface area (Å²) in [4.78, 5) is 26.5. The first-order chi connectivity index (χ1) is 12.4. The molecule has 1 fully saturated rings.